The summed E-state index contributed by atoms with van der Waals surface area (Å²) in [5, 5.41) is 15.4. The van der Waals surface area contributed by atoms with Crippen molar-refractivity contribution in [2.24, 2.45) is 0 Å². The Bertz CT molecular complexity index is 684. The summed E-state index contributed by atoms with van der Waals surface area (Å²) in [5.41, 5.74) is -0.0726. The lowest BCUT2D eigenvalue weighted by Gasteiger charge is -2.09. The van der Waals surface area contributed by atoms with Gasteiger partial charge in [-0.2, -0.15) is 0 Å². The van der Waals surface area contributed by atoms with Crippen LogP contribution in [0.25, 0.3) is 0 Å². The first-order chi connectivity index (χ1) is 11.0. The average Bonchev–Trinajstić information content (AvgIpc) is 3.07. The number of nitrogens with two attached hydrogens (primary N) is 1. The molecule has 0 radical (unpaired) electrons. The molecule has 0 aliphatic rings. The van der Waals surface area contributed by atoms with Gasteiger partial charge in [-0.15, -0.1) is 0 Å². The number of benzene rings is 1. The van der Waals surface area contributed by atoms with Crippen molar-refractivity contribution in [2.75, 3.05) is 19.0 Å². The molecule has 23 heavy (non-hydrogen) atoms. The summed E-state index contributed by atoms with van der Waals surface area (Å²) >= 11 is 0. The molecule has 1 amide bonds. The van der Waals surface area contributed by atoms with Crippen molar-refractivity contribution in [3.05, 3.63) is 52.5 Å². The van der Waals surface area contributed by atoms with E-state index in [-0.39, 0.29) is 29.9 Å². The summed E-state index contributed by atoms with van der Waals surface area (Å²) in [6, 6.07) is 7.85. The molecule has 2 aromatic rings. The fraction of sp³-hybridized carbons (Fsp3) is 0.267. The minimum Gasteiger partial charge on any atom is -0.496 e. The van der Waals surface area contributed by atoms with Crippen LogP contribution in [-0.2, 0) is 4.79 Å². The minimum atomic E-state index is -0.562. The number of furan rings is 1. The molecule has 2 rings (SSSR count). The molecule has 122 valence electrons. The Morgan fingerprint density at radius 2 is 2.26 bits per heavy atom. The van der Waals surface area contributed by atoms with Gasteiger partial charge in [0, 0.05) is 0 Å². The van der Waals surface area contributed by atoms with Crippen molar-refractivity contribution in [3.63, 3.8) is 0 Å². The van der Waals surface area contributed by atoms with Crippen LogP contribution in [0, 0.1) is 10.1 Å². The first kappa shape index (κ1) is 16.5. The number of hydrogen-bond acceptors (Lipinski definition) is 5. The first-order valence-electron chi connectivity index (χ1n) is 7.00. The Kier molecular flexibility index (Phi) is 5.32. The molecule has 0 fully saturated rings. The van der Waals surface area contributed by atoms with Crippen molar-refractivity contribution in [2.45, 2.75) is 13.0 Å². The highest BCUT2D eigenvalue weighted by molar-refractivity contribution is 5.93. The predicted octanol–water partition coefficient (Wildman–Crippen LogP) is 1.46. The van der Waals surface area contributed by atoms with Crippen molar-refractivity contribution in [1.82, 2.24) is 0 Å². The molecule has 0 bridgehead atoms. The SMILES string of the molecule is COc1ccc(NC(=O)C[NH2+][C@H](C)c2ccco2)c([N+](=O)[O-])c1. The molecule has 1 heterocycles. The third kappa shape index (κ3) is 4.30. The normalized spacial score (nSPS) is 11.7. The number of ether oxygens (including phenoxy) is 1. The van der Waals surface area contributed by atoms with Crippen LogP contribution in [0.1, 0.15) is 18.7 Å². The highest BCUT2D eigenvalue weighted by Crippen LogP contribution is 2.28. The Labute approximate surface area is 132 Å². The molecule has 8 heteroatoms. The highest BCUT2D eigenvalue weighted by Gasteiger charge is 2.19. The van der Waals surface area contributed by atoms with Crippen LogP contribution in [-0.4, -0.2) is 24.5 Å². The number of carbonyl (C=O) groups is 1. The van der Waals surface area contributed by atoms with Gasteiger partial charge < -0.3 is 19.8 Å². The third-order valence-corrected chi connectivity index (χ3v) is 3.32. The van der Waals surface area contributed by atoms with E-state index < -0.39 is 4.92 Å². The molecule has 1 aromatic heterocycles. The molecule has 0 saturated heterocycles. The summed E-state index contributed by atoms with van der Waals surface area (Å²) in [6.45, 7) is 2.02. The number of hydrogen-bond donors (Lipinski definition) is 2. The number of nitrogens with zero attached hydrogens (tertiary/aromatic N) is 1. The molecule has 0 unspecified atom stereocenters. The number of quaternary nitrogens is 1. The molecule has 0 spiro atoms. The summed E-state index contributed by atoms with van der Waals surface area (Å²) in [4.78, 5) is 22.5. The van der Waals surface area contributed by atoms with Gasteiger partial charge in [0.1, 0.15) is 17.5 Å². The number of nitro benzene ring substituents is 1. The van der Waals surface area contributed by atoms with E-state index in [9.17, 15) is 14.9 Å². The second-order valence-corrected chi connectivity index (χ2v) is 4.93. The lowest BCUT2D eigenvalue weighted by atomic mass is 10.2. The molecule has 0 aliphatic carbocycles. The second-order valence-electron chi connectivity index (χ2n) is 4.93. The van der Waals surface area contributed by atoms with Crippen LogP contribution in [0.2, 0.25) is 0 Å². The molecule has 8 nitrogen and oxygen atoms in total. The second kappa shape index (κ2) is 7.41. The number of methoxy groups -OCH3 is 1. The van der Waals surface area contributed by atoms with Crippen molar-refractivity contribution in [3.8, 4) is 5.75 Å². The zero-order valence-electron chi connectivity index (χ0n) is 12.8. The van der Waals surface area contributed by atoms with Gasteiger partial charge in [-0.3, -0.25) is 14.9 Å². The maximum absolute atomic E-state index is 12.0. The van der Waals surface area contributed by atoms with Gasteiger partial charge in [-0.05, 0) is 31.2 Å². The van der Waals surface area contributed by atoms with Gasteiger partial charge >= 0.3 is 0 Å². The maximum atomic E-state index is 12.0. The summed E-state index contributed by atoms with van der Waals surface area (Å²) in [7, 11) is 1.42. The lowest BCUT2D eigenvalue weighted by Crippen LogP contribution is -2.86. The highest BCUT2D eigenvalue weighted by atomic mass is 16.6. The lowest BCUT2D eigenvalue weighted by molar-refractivity contribution is -0.684. The molecule has 3 N–H and O–H groups in total. The van der Waals surface area contributed by atoms with Crippen molar-refractivity contribution < 1.29 is 24.2 Å². The molecule has 0 saturated carbocycles. The Balaban J connectivity index is 1.98. The molecule has 1 aromatic carbocycles. The number of nitro groups is 1. The number of carbonyl (C=O) groups excluding carboxylic acids is 1. The minimum absolute atomic E-state index is 0.0263. The fourth-order valence-electron chi connectivity index (χ4n) is 2.05. The van der Waals surface area contributed by atoms with E-state index in [1.165, 1.54) is 19.2 Å². The van der Waals surface area contributed by atoms with E-state index in [1.807, 2.05) is 13.0 Å². The molecular formula is C15H18N3O5+. The van der Waals surface area contributed by atoms with E-state index >= 15 is 0 Å². The summed E-state index contributed by atoms with van der Waals surface area (Å²) in [6.07, 6.45) is 1.57. The Morgan fingerprint density at radius 3 is 2.87 bits per heavy atom. The number of nitrogens with one attached hydrogen (secondary N) is 1. The maximum Gasteiger partial charge on any atom is 0.296 e. The van der Waals surface area contributed by atoms with Gasteiger partial charge in [0.25, 0.3) is 11.6 Å². The van der Waals surface area contributed by atoms with Crippen LogP contribution < -0.4 is 15.4 Å². The van der Waals surface area contributed by atoms with Crippen molar-refractivity contribution >= 4 is 17.3 Å². The monoisotopic (exact) mass is 320 g/mol. The fourth-order valence-corrected chi connectivity index (χ4v) is 2.05. The van der Waals surface area contributed by atoms with E-state index in [0.717, 1.165) is 5.76 Å². The van der Waals surface area contributed by atoms with Crippen molar-refractivity contribution in [1.29, 1.82) is 0 Å². The van der Waals surface area contributed by atoms with E-state index in [2.05, 4.69) is 5.32 Å². The van der Waals surface area contributed by atoms with Crippen LogP contribution in [0.5, 0.6) is 5.75 Å². The summed E-state index contributed by atoms with van der Waals surface area (Å²) < 4.78 is 10.2. The Hall–Kier alpha value is -2.87. The molecule has 0 aliphatic heterocycles. The zero-order valence-corrected chi connectivity index (χ0v) is 12.8. The van der Waals surface area contributed by atoms with Crippen LogP contribution in [0.3, 0.4) is 0 Å². The Morgan fingerprint density at radius 1 is 1.48 bits per heavy atom. The van der Waals surface area contributed by atoms with Gasteiger partial charge in [0.15, 0.2) is 12.3 Å². The quantitative estimate of drug-likeness (QED) is 0.592. The molecular weight excluding hydrogens is 302 g/mol. The number of rotatable bonds is 7. The predicted molar refractivity (Wildman–Crippen MR) is 82.2 cm³/mol. The molecule has 1 atom stereocenters. The van der Waals surface area contributed by atoms with Crippen LogP contribution in [0.15, 0.2) is 41.0 Å². The zero-order chi connectivity index (χ0) is 16.8. The number of anilines is 1. The standard InChI is InChI=1S/C15H17N3O5/c1-10(14-4-3-7-23-14)16-9-15(19)17-12-6-5-11(22-2)8-13(12)18(20)21/h3-8,10,16H,9H2,1-2H3,(H,17,19)/p+1/t10-/m1/s1. The third-order valence-electron chi connectivity index (χ3n) is 3.32. The largest absolute Gasteiger partial charge is 0.496 e. The van der Waals surface area contributed by atoms with Gasteiger partial charge in [0.05, 0.1) is 24.4 Å². The smallest absolute Gasteiger partial charge is 0.296 e. The van der Waals surface area contributed by atoms with Crippen LogP contribution in [0.4, 0.5) is 11.4 Å². The van der Waals surface area contributed by atoms with Gasteiger partial charge in [0.2, 0.25) is 0 Å². The van der Waals surface area contributed by atoms with Gasteiger partial charge in [-0.1, -0.05) is 0 Å². The van der Waals surface area contributed by atoms with Crippen LogP contribution >= 0.6 is 0 Å². The average molecular weight is 320 g/mol. The summed E-state index contributed by atoms with van der Waals surface area (Å²) in [5.74, 6) is 0.776. The van der Waals surface area contributed by atoms with E-state index in [0.29, 0.717) is 5.75 Å². The van der Waals surface area contributed by atoms with E-state index in [1.54, 1.807) is 23.7 Å². The topological polar surface area (TPSA) is 111 Å². The first-order valence-corrected chi connectivity index (χ1v) is 7.00. The van der Waals surface area contributed by atoms with E-state index in [4.69, 9.17) is 9.15 Å². The number of amides is 1. The van der Waals surface area contributed by atoms with Gasteiger partial charge in [-0.25, -0.2) is 0 Å².